The number of anilines is 1. The van der Waals surface area contributed by atoms with E-state index in [0.717, 1.165) is 29.8 Å². The second-order valence-corrected chi connectivity index (χ2v) is 6.73. The molecule has 2 rings (SSSR count). The number of carbonyl (C=O) groups is 1. The zero-order valence-corrected chi connectivity index (χ0v) is 10.6. The van der Waals surface area contributed by atoms with Gasteiger partial charge in [-0.2, -0.15) is 0 Å². The number of fused-ring (bicyclic) bond motifs is 1. The van der Waals surface area contributed by atoms with Crippen LogP contribution in [0, 0.1) is 0 Å². The molecule has 6 nitrogen and oxygen atoms in total. The second kappa shape index (κ2) is 4.61. The lowest BCUT2D eigenvalue weighted by Gasteiger charge is -2.02. The molecule has 1 aliphatic carbocycles. The van der Waals surface area contributed by atoms with Gasteiger partial charge in [-0.05, 0) is 19.3 Å². The van der Waals surface area contributed by atoms with E-state index in [-0.39, 0.29) is 0 Å². The van der Waals surface area contributed by atoms with E-state index < -0.39 is 28.2 Å². The Bertz CT molecular complexity index is 514. The van der Waals surface area contributed by atoms with Crippen molar-refractivity contribution in [3.8, 4) is 0 Å². The first-order valence-corrected chi connectivity index (χ1v) is 7.64. The monoisotopic (exact) mass is 276 g/mol. The van der Waals surface area contributed by atoms with Gasteiger partial charge in [0, 0.05) is 4.88 Å². The van der Waals surface area contributed by atoms with Crippen molar-refractivity contribution < 1.29 is 18.3 Å². The smallest absolute Gasteiger partial charge is 0.304 e. The Balaban J connectivity index is 2.02. The van der Waals surface area contributed by atoms with Crippen LogP contribution in [-0.2, 0) is 27.7 Å². The quantitative estimate of drug-likeness (QED) is 0.831. The van der Waals surface area contributed by atoms with Crippen LogP contribution < -0.4 is 4.72 Å². The summed E-state index contributed by atoms with van der Waals surface area (Å²) in [5, 5.41) is 8.78. The molecule has 94 valence electrons. The number of rotatable bonds is 5. The van der Waals surface area contributed by atoms with E-state index >= 15 is 0 Å². The average molecular weight is 276 g/mol. The van der Waals surface area contributed by atoms with Crippen LogP contribution in [0.25, 0.3) is 0 Å². The molecule has 0 saturated heterocycles. The Hall–Kier alpha value is -1.15. The Morgan fingerprint density at radius 3 is 2.88 bits per heavy atom. The third kappa shape index (κ3) is 3.16. The van der Waals surface area contributed by atoms with E-state index in [1.165, 1.54) is 11.3 Å². The summed E-state index contributed by atoms with van der Waals surface area (Å²) in [6.45, 7) is 0. The van der Waals surface area contributed by atoms with Gasteiger partial charge >= 0.3 is 5.97 Å². The van der Waals surface area contributed by atoms with Crippen LogP contribution in [0.2, 0.25) is 0 Å². The van der Waals surface area contributed by atoms with Crippen molar-refractivity contribution >= 4 is 32.5 Å². The Labute approximate surface area is 103 Å². The summed E-state index contributed by atoms with van der Waals surface area (Å²) in [6.07, 6.45) is 2.51. The van der Waals surface area contributed by atoms with Crippen LogP contribution in [0.5, 0.6) is 0 Å². The molecule has 0 radical (unpaired) electrons. The highest BCUT2D eigenvalue weighted by Gasteiger charge is 2.20. The van der Waals surface area contributed by atoms with Crippen LogP contribution in [0.1, 0.15) is 23.4 Å². The highest BCUT2D eigenvalue weighted by molar-refractivity contribution is 7.92. The number of nitrogens with zero attached hydrogens (tertiary/aromatic N) is 1. The van der Waals surface area contributed by atoms with Gasteiger partial charge < -0.3 is 5.11 Å². The molecule has 2 N–H and O–H groups in total. The third-order valence-electron chi connectivity index (χ3n) is 2.42. The SMILES string of the molecule is O=C(O)CCS(=O)(=O)Nc1nc2c(s1)CCC2. The lowest BCUT2D eigenvalue weighted by Crippen LogP contribution is -2.18. The highest BCUT2D eigenvalue weighted by atomic mass is 32.2. The minimum Gasteiger partial charge on any atom is -0.481 e. The minimum absolute atomic E-state index is 0.347. The van der Waals surface area contributed by atoms with E-state index in [9.17, 15) is 13.2 Å². The number of aryl methyl sites for hydroxylation is 2. The lowest BCUT2D eigenvalue weighted by atomic mass is 10.4. The first kappa shape index (κ1) is 12.3. The van der Waals surface area contributed by atoms with Gasteiger partial charge in [-0.25, -0.2) is 13.4 Å². The van der Waals surface area contributed by atoms with Crippen LogP contribution in [0.3, 0.4) is 0 Å². The van der Waals surface area contributed by atoms with Gasteiger partial charge in [-0.1, -0.05) is 0 Å². The zero-order valence-electron chi connectivity index (χ0n) is 8.97. The Morgan fingerprint density at radius 1 is 1.47 bits per heavy atom. The van der Waals surface area contributed by atoms with Gasteiger partial charge in [0.15, 0.2) is 5.13 Å². The molecule has 0 atom stereocenters. The van der Waals surface area contributed by atoms with Crippen LogP contribution >= 0.6 is 11.3 Å². The molecule has 8 heteroatoms. The fraction of sp³-hybridized carbons (Fsp3) is 0.556. The number of carboxylic acid groups (broad SMARTS) is 1. The van der Waals surface area contributed by atoms with E-state index in [0.29, 0.717) is 5.13 Å². The predicted octanol–water partition coefficient (Wildman–Crippen LogP) is 0.848. The number of thiazole rings is 1. The normalized spacial score (nSPS) is 14.6. The molecule has 1 aromatic heterocycles. The number of nitrogens with one attached hydrogen (secondary N) is 1. The van der Waals surface area contributed by atoms with Crippen LogP contribution in [0.4, 0.5) is 5.13 Å². The van der Waals surface area contributed by atoms with Gasteiger partial charge in [0.05, 0.1) is 17.9 Å². The van der Waals surface area contributed by atoms with Crippen molar-refractivity contribution in [1.82, 2.24) is 4.98 Å². The molecular weight excluding hydrogens is 264 g/mol. The molecule has 0 aromatic carbocycles. The molecule has 0 spiro atoms. The summed E-state index contributed by atoms with van der Waals surface area (Å²) < 4.78 is 25.4. The summed E-state index contributed by atoms with van der Waals surface area (Å²) in [5.41, 5.74) is 0.964. The lowest BCUT2D eigenvalue weighted by molar-refractivity contribution is -0.136. The molecule has 1 heterocycles. The molecule has 0 amide bonds. The maximum atomic E-state index is 11.5. The molecular formula is C9H12N2O4S2. The van der Waals surface area contributed by atoms with Gasteiger partial charge in [0.2, 0.25) is 10.0 Å². The molecule has 1 aromatic rings. The molecule has 0 saturated carbocycles. The van der Waals surface area contributed by atoms with Crippen molar-refractivity contribution in [2.24, 2.45) is 0 Å². The summed E-state index contributed by atoms with van der Waals surface area (Å²) in [7, 11) is -3.60. The average Bonchev–Trinajstić information content (AvgIpc) is 2.74. The number of aromatic nitrogens is 1. The van der Waals surface area contributed by atoms with Crippen LogP contribution in [-0.4, -0.2) is 30.2 Å². The van der Waals surface area contributed by atoms with Gasteiger partial charge in [-0.3, -0.25) is 9.52 Å². The minimum atomic E-state index is -3.60. The number of aliphatic carboxylic acids is 1. The molecule has 17 heavy (non-hydrogen) atoms. The molecule has 0 aliphatic heterocycles. The largest absolute Gasteiger partial charge is 0.481 e. The number of carboxylic acids is 1. The molecule has 0 bridgehead atoms. The zero-order chi connectivity index (χ0) is 12.5. The van der Waals surface area contributed by atoms with E-state index in [2.05, 4.69) is 9.71 Å². The third-order valence-corrected chi connectivity index (χ3v) is 4.87. The van der Waals surface area contributed by atoms with Crippen molar-refractivity contribution in [2.45, 2.75) is 25.7 Å². The van der Waals surface area contributed by atoms with E-state index in [4.69, 9.17) is 5.11 Å². The van der Waals surface area contributed by atoms with Gasteiger partial charge in [0.1, 0.15) is 0 Å². The van der Waals surface area contributed by atoms with Crippen molar-refractivity contribution in [1.29, 1.82) is 0 Å². The second-order valence-electron chi connectivity index (χ2n) is 3.81. The maximum absolute atomic E-state index is 11.5. The molecule has 0 unspecified atom stereocenters. The van der Waals surface area contributed by atoms with Crippen LogP contribution in [0.15, 0.2) is 0 Å². The summed E-state index contributed by atoms with van der Waals surface area (Å²) in [5.74, 6) is -1.55. The number of sulfonamides is 1. The topological polar surface area (TPSA) is 96.4 Å². The molecule has 1 aliphatic rings. The van der Waals surface area contributed by atoms with E-state index in [1.54, 1.807) is 0 Å². The number of hydrogen-bond donors (Lipinski definition) is 2. The predicted molar refractivity (Wildman–Crippen MR) is 63.8 cm³/mol. The maximum Gasteiger partial charge on any atom is 0.304 e. The van der Waals surface area contributed by atoms with Crippen molar-refractivity contribution in [3.05, 3.63) is 10.6 Å². The highest BCUT2D eigenvalue weighted by Crippen LogP contribution is 2.30. The summed E-state index contributed by atoms with van der Waals surface area (Å²) in [6, 6.07) is 0. The Morgan fingerprint density at radius 2 is 2.24 bits per heavy atom. The standard InChI is InChI=1S/C9H12N2O4S2/c12-8(13)4-5-17(14,15)11-9-10-6-2-1-3-7(6)16-9/h1-5H2,(H,10,11)(H,12,13). The molecule has 0 fully saturated rings. The number of hydrogen-bond acceptors (Lipinski definition) is 5. The van der Waals surface area contributed by atoms with Gasteiger partial charge in [-0.15, -0.1) is 11.3 Å². The Kier molecular flexibility index (Phi) is 3.34. The first-order chi connectivity index (χ1) is 7.96. The van der Waals surface area contributed by atoms with Gasteiger partial charge in [0.25, 0.3) is 0 Å². The summed E-state index contributed by atoms with van der Waals surface area (Å²) >= 11 is 1.33. The van der Waals surface area contributed by atoms with Crippen molar-refractivity contribution in [2.75, 3.05) is 10.5 Å². The fourth-order valence-electron chi connectivity index (χ4n) is 1.64. The summed E-state index contributed by atoms with van der Waals surface area (Å²) in [4.78, 5) is 15.6. The fourth-order valence-corrected chi connectivity index (χ4v) is 3.95. The van der Waals surface area contributed by atoms with E-state index in [1.807, 2.05) is 0 Å². The first-order valence-electron chi connectivity index (χ1n) is 5.17. The van der Waals surface area contributed by atoms with Crippen molar-refractivity contribution in [3.63, 3.8) is 0 Å².